The first-order valence-corrected chi connectivity index (χ1v) is 6.31. The van der Waals surface area contributed by atoms with Gasteiger partial charge in [0.2, 0.25) is 5.88 Å². The topological polar surface area (TPSA) is 53.1 Å². The van der Waals surface area contributed by atoms with Crippen molar-refractivity contribution in [3.05, 3.63) is 11.3 Å². The van der Waals surface area contributed by atoms with Crippen molar-refractivity contribution in [2.45, 2.75) is 52.5 Å². The minimum absolute atomic E-state index is 0.0593. The molecule has 0 amide bonds. The van der Waals surface area contributed by atoms with Crippen molar-refractivity contribution in [2.24, 2.45) is 5.73 Å². The number of methoxy groups -OCH3 is 1. The van der Waals surface area contributed by atoms with Gasteiger partial charge in [0.1, 0.15) is 0 Å². The molecule has 0 atom stereocenters. The Morgan fingerprint density at radius 1 is 1.35 bits per heavy atom. The van der Waals surface area contributed by atoms with E-state index in [9.17, 15) is 0 Å². The smallest absolute Gasteiger partial charge is 0.215 e. The molecule has 4 nitrogen and oxygen atoms in total. The molecule has 0 spiro atoms. The molecule has 0 unspecified atom stereocenters. The first kappa shape index (κ1) is 14.0. The Balaban J connectivity index is 3.21. The minimum atomic E-state index is -0.0593. The Bertz CT molecular complexity index is 363. The summed E-state index contributed by atoms with van der Waals surface area (Å²) >= 11 is 0. The molecule has 1 aromatic rings. The highest BCUT2D eigenvalue weighted by atomic mass is 16.5. The Hall–Kier alpha value is -1.03. The zero-order valence-corrected chi connectivity index (χ0v) is 11.7. The summed E-state index contributed by atoms with van der Waals surface area (Å²) in [5.74, 6) is 0.891. The summed E-state index contributed by atoms with van der Waals surface area (Å²) in [7, 11) is 1.71. The lowest BCUT2D eigenvalue weighted by Crippen LogP contribution is -2.24. The standard InChI is InChI=1S/C13H25N3O/c1-6-11-10(8-7-9-14)12(17-5)16(15-11)13(2,3)4/h6-9,14H2,1-5H3. The van der Waals surface area contributed by atoms with Crippen LogP contribution in [0.4, 0.5) is 0 Å². The third-order valence-corrected chi connectivity index (χ3v) is 2.81. The Morgan fingerprint density at radius 3 is 2.41 bits per heavy atom. The van der Waals surface area contributed by atoms with E-state index in [2.05, 4.69) is 32.8 Å². The Morgan fingerprint density at radius 2 is 2.00 bits per heavy atom. The van der Waals surface area contributed by atoms with Crippen molar-refractivity contribution in [3.63, 3.8) is 0 Å². The minimum Gasteiger partial charge on any atom is -0.481 e. The van der Waals surface area contributed by atoms with Gasteiger partial charge in [-0.2, -0.15) is 5.10 Å². The quantitative estimate of drug-likeness (QED) is 0.856. The molecule has 4 heteroatoms. The molecule has 0 radical (unpaired) electrons. The van der Waals surface area contributed by atoms with Crippen molar-refractivity contribution in [3.8, 4) is 5.88 Å². The molecule has 0 aromatic carbocycles. The number of ether oxygens (including phenoxy) is 1. The monoisotopic (exact) mass is 239 g/mol. The molecule has 0 fully saturated rings. The maximum atomic E-state index is 5.58. The van der Waals surface area contributed by atoms with Crippen LogP contribution in [-0.4, -0.2) is 23.4 Å². The van der Waals surface area contributed by atoms with Crippen molar-refractivity contribution < 1.29 is 4.74 Å². The highest BCUT2D eigenvalue weighted by Gasteiger charge is 2.24. The van der Waals surface area contributed by atoms with E-state index in [1.807, 2.05) is 4.68 Å². The number of hydrogen-bond donors (Lipinski definition) is 1. The summed E-state index contributed by atoms with van der Waals surface area (Å²) in [5.41, 5.74) is 7.87. The van der Waals surface area contributed by atoms with Gasteiger partial charge in [-0.05, 0) is 46.6 Å². The molecule has 0 aliphatic rings. The van der Waals surface area contributed by atoms with Crippen molar-refractivity contribution in [1.29, 1.82) is 0 Å². The second kappa shape index (κ2) is 5.54. The zero-order chi connectivity index (χ0) is 13.1. The summed E-state index contributed by atoms with van der Waals surface area (Å²) in [6.07, 6.45) is 2.84. The third kappa shape index (κ3) is 3.00. The molecule has 1 rings (SSSR count). The fraction of sp³-hybridized carbons (Fsp3) is 0.769. The molecule has 17 heavy (non-hydrogen) atoms. The lowest BCUT2D eigenvalue weighted by atomic mass is 10.1. The van der Waals surface area contributed by atoms with Gasteiger partial charge in [0.05, 0.1) is 18.3 Å². The average molecular weight is 239 g/mol. The molecule has 0 aliphatic carbocycles. The predicted octanol–water partition coefficient (Wildman–Crippen LogP) is 2.10. The average Bonchev–Trinajstić information content (AvgIpc) is 2.63. The van der Waals surface area contributed by atoms with Gasteiger partial charge in [-0.25, -0.2) is 4.68 Å². The lowest BCUT2D eigenvalue weighted by Gasteiger charge is -2.21. The first-order chi connectivity index (χ1) is 7.95. The van der Waals surface area contributed by atoms with E-state index in [1.165, 1.54) is 5.56 Å². The summed E-state index contributed by atoms with van der Waals surface area (Å²) in [6, 6.07) is 0. The molecule has 0 saturated carbocycles. The molecule has 0 saturated heterocycles. The van der Waals surface area contributed by atoms with Crippen LogP contribution >= 0.6 is 0 Å². The Kier molecular flexibility index (Phi) is 4.57. The van der Waals surface area contributed by atoms with Crippen molar-refractivity contribution in [2.75, 3.05) is 13.7 Å². The summed E-state index contributed by atoms with van der Waals surface area (Å²) in [5, 5.41) is 4.67. The van der Waals surface area contributed by atoms with E-state index in [0.29, 0.717) is 6.54 Å². The van der Waals surface area contributed by atoms with Gasteiger partial charge in [-0.3, -0.25) is 0 Å². The molecule has 0 aliphatic heterocycles. The van der Waals surface area contributed by atoms with Crippen molar-refractivity contribution in [1.82, 2.24) is 9.78 Å². The van der Waals surface area contributed by atoms with Gasteiger partial charge in [0.15, 0.2) is 0 Å². The largest absolute Gasteiger partial charge is 0.481 e. The van der Waals surface area contributed by atoms with Gasteiger partial charge in [0.25, 0.3) is 0 Å². The van der Waals surface area contributed by atoms with Crippen LogP contribution in [0.1, 0.15) is 45.4 Å². The zero-order valence-electron chi connectivity index (χ0n) is 11.7. The van der Waals surface area contributed by atoms with Crippen molar-refractivity contribution >= 4 is 0 Å². The fourth-order valence-corrected chi connectivity index (χ4v) is 1.96. The summed E-state index contributed by atoms with van der Waals surface area (Å²) < 4.78 is 7.53. The van der Waals surface area contributed by atoms with Gasteiger partial charge >= 0.3 is 0 Å². The number of rotatable bonds is 5. The molecule has 1 aromatic heterocycles. The van der Waals surface area contributed by atoms with E-state index in [-0.39, 0.29) is 5.54 Å². The maximum Gasteiger partial charge on any atom is 0.215 e. The number of nitrogens with two attached hydrogens (primary N) is 1. The van der Waals surface area contributed by atoms with Crippen LogP contribution in [0.15, 0.2) is 0 Å². The Labute approximate surface area is 104 Å². The predicted molar refractivity (Wildman–Crippen MR) is 70.5 cm³/mol. The highest BCUT2D eigenvalue weighted by molar-refractivity contribution is 5.33. The van der Waals surface area contributed by atoms with Gasteiger partial charge in [-0.15, -0.1) is 0 Å². The second-order valence-corrected chi connectivity index (χ2v) is 5.26. The van der Waals surface area contributed by atoms with E-state index < -0.39 is 0 Å². The van der Waals surface area contributed by atoms with E-state index in [0.717, 1.165) is 30.8 Å². The van der Waals surface area contributed by atoms with Gasteiger partial charge in [-0.1, -0.05) is 6.92 Å². The van der Waals surface area contributed by atoms with E-state index in [4.69, 9.17) is 10.5 Å². The summed E-state index contributed by atoms with van der Waals surface area (Å²) in [4.78, 5) is 0. The third-order valence-electron chi connectivity index (χ3n) is 2.81. The maximum absolute atomic E-state index is 5.58. The SMILES string of the molecule is CCc1nn(C(C)(C)C)c(OC)c1CCCN. The summed E-state index contributed by atoms with van der Waals surface area (Å²) in [6.45, 7) is 9.23. The number of nitrogens with zero attached hydrogens (tertiary/aromatic N) is 2. The van der Waals surface area contributed by atoms with Crippen LogP contribution in [-0.2, 0) is 18.4 Å². The van der Waals surface area contributed by atoms with Crippen LogP contribution in [0.2, 0.25) is 0 Å². The number of aryl methyl sites for hydroxylation is 1. The molecule has 0 bridgehead atoms. The molecular weight excluding hydrogens is 214 g/mol. The second-order valence-electron chi connectivity index (χ2n) is 5.26. The fourth-order valence-electron chi connectivity index (χ4n) is 1.96. The van der Waals surface area contributed by atoms with E-state index in [1.54, 1.807) is 7.11 Å². The molecular formula is C13H25N3O. The molecule has 98 valence electrons. The highest BCUT2D eigenvalue weighted by Crippen LogP contribution is 2.29. The molecule has 2 N–H and O–H groups in total. The van der Waals surface area contributed by atoms with Crippen LogP contribution in [0.5, 0.6) is 5.88 Å². The number of hydrogen-bond acceptors (Lipinski definition) is 3. The van der Waals surface area contributed by atoms with Gasteiger partial charge in [0, 0.05) is 5.56 Å². The van der Waals surface area contributed by atoms with Crippen LogP contribution in [0.25, 0.3) is 0 Å². The van der Waals surface area contributed by atoms with E-state index >= 15 is 0 Å². The van der Waals surface area contributed by atoms with Crippen LogP contribution in [0, 0.1) is 0 Å². The van der Waals surface area contributed by atoms with Crippen LogP contribution in [0.3, 0.4) is 0 Å². The first-order valence-electron chi connectivity index (χ1n) is 6.31. The van der Waals surface area contributed by atoms with Gasteiger partial charge < -0.3 is 10.5 Å². The normalized spacial score (nSPS) is 11.9. The lowest BCUT2D eigenvalue weighted by molar-refractivity contribution is 0.280. The molecule has 1 heterocycles. The number of aromatic nitrogens is 2. The van der Waals surface area contributed by atoms with Crippen LogP contribution < -0.4 is 10.5 Å².